The monoisotopic (exact) mass is 351 g/mol. The Morgan fingerprint density at radius 1 is 1.23 bits per heavy atom. The van der Waals surface area contributed by atoms with Crippen LogP contribution in [0.3, 0.4) is 0 Å². The van der Waals surface area contributed by atoms with Crippen LogP contribution in [0.25, 0.3) is 10.9 Å². The van der Waals surface area contributed by atoms with Gasteiger partial charge in [0.2, 0.25) is 5.91 Å². The molecule has 0 spiro atoms. The summed E-state index contributed by atoms with van der Waals surface area (Å²) in [4.78, 5) is 21.8. The van der Waals surface area contributed by atoms with Gasteiger partial charge in [0.25, 0.3) is 0 Å². The summed E-state index contributed by atoms with van der Waals surface area (Å²) in [5.41, 5.74) is 2.42. The molecule has 138 valence electrons. The Bertz CT molecular complexity index is 783. The molecular weight excluding hydrogens is 322 g/mol. The molecular formula is C22H29N3O. The van der Waals surface area contributed by atoms with Crippen molar-refractivity contribution in [2.45, 2.75) is 45.7 Å². The maximum atomic E-state index is 12.5. The number of carbonyl (C=O) groups excluding carboxylic acids is 1. The highest BCUT2D eigenvalue weighted by Gasteiger charge is 2.40. The lowest BCUT2D eigenvalue weighted by Gasteiger charge is -2.37. The van der Waals surface area contributed by atoms with Gasteiger partial charge in [-0.15, -0.1) is 0 Å². The molecule has 4 rings (SSSR count). The van der Waals surface area contributed by atoms with Crippen LogP contribution < -0.4 is 0 Å². The summed E-state index contributed by atoms with van der Waals surface area (Å²) in [5, 5.41) is 1.25. The van der Waals surface area contributed by atoms with E-state index < -0.39 is 0 Å². The number of amides is 1. The van der Waals surface area contributed by atoms with Gasteiger partial charge in [-0.3, -0.25) is 14.7 Å². The Hall–Kier alpha value is -1.94. The molecule has 4 heteroatoms. The van der Waals surface area contributed by atoms with E-state index in [1.54, 1.807) is 0 Å². The highest BCUT2D eigenvalue weighted by molar-refractivity contribution is 5.81. The van der Waals surface area contributed by atoms with E-state index in [1.807, 2.05) is 12.3 Å². The summed E-state index contributed by atoms with van der Waals surface area (Å²) >= 11 is 0. The number of para-hydroxylation sites is 1. The first-order valence-electron chi connectivity index (χ1n) is 9.96. The van der Waals surface area contributed by atoms with Gasteiger partial charge >= 0.3 is 0 Å². The minimum atomic E-state index is 0.337. The first-order chi connectivity index (χ1) is 12.6. The number of rotatable bonds is 4. The minimum absolute atomic E-state index is 0.337. The Morgan fingerprint density at radius 2 is 2.08 bits per heavy atom. The molecule has 2 saturated heterocycles. The van der Waals surface area contributed by atoms with Crippen molar-refractivity contribution in [3.05, 3.63) is 42.1 Å². The van der Waals surface area contributed by atoms with Crippen LogP contribution in [-0.2, 0) is 11.3 Å². The lowest BCUT2D eigenvalue weighted by molar-refractivity contribution is -0.131. The molecule has 0 radical (unpaired) electrons. The van der Waals surface area contributed by atoms with Gasteiger partial charge in [0.15, 0.2) is 0 Å². The van der Waals surface area contributed by atoms with E-state index in [4.69, 9.17) is 0 Å². The molecule has 3 heterocycles. The minimum Gasteiger partial charge on any atom is -0.341 e. The number of piperidine rings is 1. The zero-order valence-electron chi connectivity index (χ0n) is 15.9. The summed E-state index contributed by atoms with van der Waals surface area (Å²) in [6.07, 6.45) is 5.08. The molecule has 0 unspecified atom stereocenters. The Balaban J connectivity index is 1.51. The van der Waals surface area contributed by atoms with E-state index in [0.717, 1.165) is 31.7 Å². The zero-order chi connectivity index (χ0) is 18.1. The largest absolute Gasteiger partial charge is 0.341 e. The van der Waals surface area contributed by atoms with E-state index in [0.29, 0.717) is 30.2 Å². The second kappa shape index (κ2) is 7.36. The SMILES string of the molecule is CC(C)CC(=O)N1C[C@H]2CCCN(Cc3ccnc4ccccc34)[C@H]2C1. The first-order valence-corrected chi connectivity index (χ1v) is 9.96. The zero-order valence-corrected chi connectivity index (χ0v) is 15.9. The van der Waals surface area contributed by atoms with Gasteiger partial charge in [-0.25, -0.2) is 0 Å². The van der Waals surface area contributed by atoms with Crippen molar-refractivity contribution < 1.29 is 4.79 Å². The molecule has 0 aliphatic carbocycles. The van der Waals surface area contributed by atoms with Crippen molar-refractivity contribution in [3.63, 3.8) is 0 Å². The fraction of sp³-hybridized carbons (Fsp3) is 0.545. The van der Waals surface area contributed by atoms with Crippen molar-refractivity contribution >= 4 is 16.8 Å². The number of aromatic nitrogens is 1. The van der Waals surface area contributed by atoms with E-state index in [1.165, 1.54) is 23.8 Å². The summed E-state index contributed by atoms with van der Waals surface area (Å²) in [6, 6.07) is 11.1. The van der Waals surface area contributed by atoms with Gasteiger partial charge in [-0.05, 0) is 48.9 Å². The molecule has 2 aliphatic heterocycles. The summed E-state index contributed by atoms with van der Waals surface area (Å²) in [7, 11) is 0. The van der Waals surface area contributed by atoms with Gasteiger partial charge in [-0.2, -0.15) is 0 Å². The van der Waals surface area contributed by atoms with Crippen molar-refractivity contribution in [3.8, 4) is 0 Å². The Morgan fingerprint density at radius 3 is 2.92 bits per heavy atom. The Kier molecular flexibility index (Phi) is 4.94. The van der Waals surface area contributed by atoms with Gasteiger partial charge < -0.3 is 4.90 Å². The third kappa shape index (κ3) is 3.48. The van der Waals surface area contributed by atoms with Crippen LogP contribution in [0.5, 0.6) is 0 Å². The molecule has 1 amide bonds. The molecule has 2 fully saturated rings. The summed E-state index contributed by atoms with van der Waals surface area (Å²) < 4.78 is 0. The Labute approximate surface area is 156 Å². The molecule has 1 aromatic carbocycles. The maximum absolute atomic E-state index is 12.5. The molecule has 2 atom stereocenters. The molecule has 2 aliphatic rings. The average molecular weight is 351 g/mol. The lowest BCUT2D eigenvalue weighted by Crippen LogP contribution is -2.44. The second-order valence-electron chi connectivity index (χ2n) is 8.32. The standard InChI is InChI=1S/C22H29N3O/c1-16(2)12-22(26)25-14-18-6-5-11-24(21(18)15-25)13-17-9-10-23-20-8-4-3-7-19(17)20/h3-4,7-10,16,18,21H,5-6,11-15H2,1-2H3/t18-,21+/m1/s1. The van der Waals surface area contributed by atoms with Crippen molar-refractivity contribution in [2.75, 3.05) is 19.6 Å². The third-order valence-corrected chi connectivity index (χ3v) is 5.94. The highest BCUT2D eigenvalue weighted by Crippen LogP contribution is 2.33. The van der Waals surface area contributed by atoms with Crippen LogP contribution in [0, 0.1) is 11.8 Å². The smallest absolute Gasteiger partial charge is 0.222 e. The number of likely N-dealkylation sites (tertiary alicyclic amines) is 2. The van der Waals surface area contributed by atoms with E-state index in [-0.39, 0.29) is 0 Å². The van der Waals surface area contributed by atoms with Crippen LogP contribution in [0.1, 0.15) is 38.7 Å². The fourth-order valence-corrected chi connectivity index (χ4v) is 4.66. The average Bonchev–Trinajstić information content (AvgIpc) is 3.07. The van der Waals surface area contributed by atoms with E-state index >= 15 is 0 Å². The molecule has 0 bridgehead atoms. The number of nitrogens with zero attached hydrogens (tertiary/aromatic N) is 3. The normalized spacial score (nSPS) is 23.6. The first kappa shape index (κ1) is 17.5. The van der Waals surface area contributed by atoms with Gasteiger partial charge in [-0.1, -0.05) is 32.0 Å². The summed E-state index contributed by atoms with van der Waals surface area (Å²) in [5.74, 6) is 1.40. The maximum Gasteiger partial charge on any atom is 0.222 e. The third-order valence-electron chi connectivity index (χ3n) is 5.94. The molecule has 0 N–H and O–H groups in total. The van der Waals surface area contributed by atoms with Crippen LogP contribution in [0.4, 0.5) is 0 Å². The van der Waals surface area contributed by atoms with Crippen molar-refractivity contribution in [1.29, 1.82) is 0 Å². The predicted octanol–water partition coefficient (Wildman–Crippen LogP) is 3.70. The number of carbonyl (C=O) groups is 1. The molecule has 1 aromatic heterocycles. The van der Waals surface area contributed by atoms with Gasteiger partial charge in [0, 0.05) is 43.7 Å². The fourth-order valence-electron chi connectivity index (χ4n) is 4.66. The van der Waals surface area contributed by atoms with Gasteiger partial charge in [0.1, 0.15) is 0 Å². The number of hydrogen-bond donors (Lipinski definition) is 0. The molecule has 26 heavy (non-hydrogen) atoms. The van der Waals surface area contributed by atoms with Crippen molar-refractivity contribution in [2.24, 2.45) is 11.8 Å². The molecule has 2 aromatic rings. The number of hydrogen-bond acceptors (Lipinski definition) is 3. The van der Waals surface area contributed by atoms with Gasteiger partial charge in [0.05, 0.1) is 5.52 Å². The van der Waals surface area contributed by atoms with E-state index in [9.17, 15) is 4.79 Å². The van der Waals surface area contributed by atoms with Crippen LogP contribution >= 0.6 is 0 Å². The van der Waals surface area contributed by atoms with Crippen LogP contribution in [0.2, 0.25) is 0 Å². The van der Waals surface area contributed by atoms with Crippen molar-refractivity contribution in [1.82, 2.24) is 14.8 Å². The molecule has 0 saturated carbocycles. The number of fused-ring (bicyclic) bond motifs is 2. The summed E-state index contributed by atoms with van der Waals surface area (Å²) in [6.45, 7) is 8.19. The van der Waals surface area contributed by atoms with Crippen LogP contribution in [-0.4, -0.2) is 46.4 Å². The number of pyridine rings is 1. The van der Waals surface area contributed by atoms with E-state index in [2.05, 4.69) is 52.9 Å². The molecule has 4 nitrogen and oxygen atoms in total. The van der Waals surface area contributed by atoms with Crippen LogP contribution in [0.15, 0.2) is 36.5 Å². The lowest BCUT2D eigenvalue weighted by atomic mass is 9.91. The highest BCUT2D eigenvalue weighted by atomic mass is 16.2. The topological polar surface area (TPSA) is 36.4 Å². The quantitative estimate of drug-likeness (QED) is 0.843. The second-order valence-corrected chi connectivity index (χ2v) is 8.32. The predicted molar refractivity (Wildman–Crippen MR) is 105 cm³/mol. The number of benzene rings is 1.